The summed E-state index contributed by atoms with van der Waals surface area (Å²) < 4.78 is 0. The standard InChI is InChI=1S/C21H18N2O3S/c1-3-13-23-20(25)18(15-9-11-16(12-10-15)22-14(2)24)19(21(23)26)27-17-7-5-4-6-8-17/h3-12H,1,13H2,2H3,(H,22,24). The van der Waals surface area contributed by atoms with Crippen molar-refractivity contribution < 1.29 is 14.4 Å². The van der Waals surface area contributed by atoms with E-state index in [-0.39, 0.29) is 24.3 Å². The molecule has 6 heteroatoms. The molecular weight excluding hydrogens is 360 g/mol. The molecule has 0 saturated heterocycles. The van der Waals surface area contributed by atoms with Gasteiger partial charge < -0.3 is 5.32 Å². The average molecular weight is 378 g/mol. The van der Waals surface area contributed by atoms with E-state index in [4.69, 9.17) is 0 Å². The van der Waals surface area contributed by atoms with Crippen molar-refractivity contribution in [2.45, 2.75) is 11.8 Å². The maximum Gasteiger partial charge on any atom is 0.268 e. The summed E-state index contributed by atoms with van der Waals surface area (Å²) in [5.74, 6) is -0.841. The second-order valence-electron chi connectivity index (χ2n) is 5.89. The topological polar surface area (TPSA) is 66.5 Å². The Hall–Kier alpha value is -3.12. The van der Waals surface area contributed by atoms with Crippen LogP contribution in [-0.4, -0.2) is 29.2 Å². The number of imide groups is 1. The molecule has 3 rings (SSSR count). The number of carbonyl (C=O) groups is 3. The van der Waals surface area contributed by atoms with E-state index in [1.54, 1.807) is 24.3 Å². The van der Waals surface area contributed by atoms with Gasteiger partial charge in [0.05, 0.1) is 10.5 Å². The third kappa shape index (κ3) is 4.01. The lowest BCUT2D eigenvalue weighted by atomic mass is 10.1. The molecule has 0 radical (unpaired) electrons. The second kappa shape index (κ2) is 8.05. The summed E-state index contributed by atoms with van der Waals surface area (Å²) in [6, 6.07) is 16.3. The van der Waals surface area contributed by atoms with Gasteiger partial charge >= 0.3 is 0 Å². The summed E-state index contributed by atoms with van der Waals surface area (Å²) in [6.45, 7) is 5.21. The molecule has 136 valence electrons. The van der Waals surface area contributed by atoms with Crippen molar-refractivity contribution >= 4 is 40.7 Å². The first-order valence-electron chi connectivity index (χ1n) is 8.33. The average Bonchev–Trinajstić information content (AvgIpc) is 2.88. The Labute approximate surface area is 161 Å². The van der Waals surface area contributed by atoms with Gasteiger partial charge in [0.15, 0.2) is 0 Å². The summed E-state index contributed by atoms with van der Waals surface area (Å²) in [5.41, 5.74) is 1.63. The molecule has 1 aliphatic heterocycles. The quantitative estimate of drug-likeness (QED) is 0.615. The Kier molecular flexibility index (Phi) is 5.57. The SMILES string of the molecule is C=CCN1C(=O)C(Sc2ccccc2)=C(c2ccc(NC(C)=O)cc2)C1=O. The summed E-state index contributed by atoms with van der Waals surface area (Å²) >= 11 is 1.27. The van der Waals surface area contributed by atoms with Crippen LogP contribution in [0, 0.1) is 0 Å². The molecule has 0 aliphatic carbocycles. The zero-order chi connectivity index (χ0) is 19.4. The molecule has 27 heavy (non-hydrogen) atoms. The summed E-state index contributed by atoms with van der Waals surface area (Å²) in [6.07, 6.45) is 1.53. The van der Waals surface area contributed by atoms with Crippen LogP contribution in [0.2, 0.25) is 0 Å². The summed E-state index contributed by atoms with van der Waals surface area (Å²) in [7, 11) is 0. The van der Waals surface area contributed by atoms with Crippen LogP contribution in [0.3, 0.4) is 0 Å². The van der Waals surface area contributed by atoms with Crippen LogP contribution in [0.1, 0.15) is 12.5 Å². The molecule has 3 amide bonds. The smallest absolute Gasteiger partial charge is 0.268 e. The normalized spacial score (nSPS) is 13.9. The largest absolute Gasteiger partial charge is 0.326 e. The molecule has 2 aromatic rings. The lowest BCUT2D eigenvalue weighted by Crippen LogP contribution is -2.31. The molecule has 5 nitrogen and oxygen atoms in total. The van der Waals surface area contributed by atoms with E-state index in [2.05, 4.69) is 11.9 Å². The van der Waals surface area contributed by atoms with Crippen molar-refractivity contribution in [1.82, 2.24) is 4.90 Å². The molecule has 0 unspecified atom stereocenters. The van der Waals surface area contributed by atoms with Crippen molar-refractivity contribution in [3.05, 3.63) is 77.7 Å². The number of carbonyl (C=O) groups excluding carboxylic acids is 3. The van der Waals surface area contributed by atoms with E-state index >= 15 is 0 Å². The monoisotopic (exact) mass is 378 g/mol. The molecule has 0 spiro atoms. The summed E-state index contributed by atoms with van der Waals surface area (Å²) in [4.78, 5) is 39.4. The first-order valence-corrected chi connectivity index (χ1v) is 9.15. The number of benzene rings is 2. The number of rotatable bonds is 6. The molecule has 0 bridgehead atoms. The number of anilines is 1. The molecule has 1 aliphatic rings. The van der Waals surface area contributed by atoms with Crippen LogP contribution in [-0.2, 0) is 14.4 Å². The van der Waals surface area contributed by atoms with E-state index in [1.807, 2.05) is 30.3 Å². The minimum Gasteiger partial charge on any atom is -0.326 e. The van der Waals surface area contributed by atoms with Gasteiger partial charge in [0.25, 0.3) is 11.8 Å². The van der Waals surface area contributed by atoms with Crippen LogP contribution < -0.4 is 5.32 Å². The van der Waals surface area contributed by atoms with E-state index < -0.39 is 0 Å². The molecule has 2 aromatic carbocycles. The predicted molar refractivity (Wildman–Crippen MR) is 107 cm³/mol. The fourth-order valence-corrected chi connectivity index (χ4v) is 3.76. The van der Waals surface area contributed by atoms with Gasteiger partial charge in [-0.05, 0) is 29.8 Å². The molecule has 1 N–H and O–H groups in total. The minimum absolute atomic E-state index is 0.157. The first kappa shape index (κ1) is 18.7. The fourth-order valence-electron chi connectivity index (χ4n) is 2.73. The Bertz CT molecular complexity index is 934. The van der Waals surface area contributed by atoms with Gasteiger partial charge in [-0.3, -0.25) is 19.3 Å². The van der Waals surface area contributed by atoms with Crippen LogP contribution >= 0.6 is 11.8 Å². The van der Waals surface area contributed by atoms with E-state index in [0.29, 0.717) is 21.7 Å². The van der Waals surface area contributed by atoms with Crippen molar-refractivity contribution in [3.63, 3.8) is 0 Å². The molecule has 0 fully saturated rings. The number of amides is 3. The second-order valence-corrected chi connectivity index (χ2v) is 6.97. The first-order chi connectivity index (χ1) is 13.0. The van der Waals surface area contributed by atoms with E-state index in [1.165, 1.54) is 29.7 Å². The molecule has 0 saturated carbocycles. The van der Waals surface area contributed by atoms with Crippen molar-refractivity contribution in [3.8, 4) is 0 Å². The van der Waals surface area contributed by atoms with Crippen molar-refractivity contribution in [2.24, 2.45) is 0 Å². The van der Waals surface area contributed by atoms with Gasteiger partial charge in [0.1, 0.15) is 0 Å². The highest BCUT2D eigenvalue weighted by Gasteiger charge is 2.38. The Morgan fingerprint density at radius 3 is 2.33 bits per heavy atom. The van der Waals surface area contributed by atoms with Gasteiger partial charge in [0, 0.05) is 24.1 Å². The van der Waals surface area contributed by atoms with Crippen molar-refractivity contribution in [2.75, 3.05) is 11.9 Å². The van der Waals surface area contributed by atoms with E-state index in [0.717, 1.165) is 4.90 Å². The van der Waals surface area contributed by atoms with Crippen LogP contribution in [0.5, 0.6) is 0 Å². The third-order valence-corrected chi connectivity index (χ3v) is 4.98. The zero-order valence-corrected chi connectivity index (χ0v) is 15.6. The van der Waals surface area contributed by atoms with Crippen molar-refractivity contribution in [1.29, 1.82) is 0 Å². The molecule has 0 atom stereocenters. The van der Waals surface area contributed by atoms with Crippen LogP contribution in [0.4, 0.5) is 5.69 Å². The Morgan fingerprint density at radius 1 is 1.07 bits per heavy atom. The highest BCUT2D eigenvalue weighted by atomic mass is 32.2. The van der Waals surface area contributed by atoms with Gasteiger partial charge in [-0.25, -0.2) is 0 Å². The van der Waals surface area contributed by atoms with Crippen LogP contribution in [0.25, 0.3) is 5.57 Å². The highest BCUT2D eigenvalue weighted by Crippen LogP contribution is 2.39. The maximum absolute atomic E-state index is 12.9. The maximum atomic E-state index is 12.9. The van der Waals surface area contributed by atoms with Gasteiger partial charge in [-0.2, -0.15) is 0 Å². The van der Waals surface area contributed by atoms with Gasteiger partial charge in [-0.1, -0.05) is 48.2 Å². The zero-order valence-electron chi connectivity index (χ0n) is 14.8. The number of thioether (sulfide) groups is 1. The number of hydrogen-bond donors (Lipinski definition) is 1. The lowest BCUT2D eigenvalue weighted by Gasteiger charge is -2.12. The molecule has 0 aromatic heterocycles. The van der Waals surface area contributed by atoms with E-state index in [9.17, 15) is 14.4 Å². The molecular formula is C21H18N2O3S. The number of nitrogens with one attached hydrogen (secondary N) is 1. The highest BCUT2D eigenvalue weighted by molar-refractivity contribution is 8.04. The number of hydrogen-bond acceptors (Lipinski definition) is 4. The van der Waals surface area contributed by atoms with Crippen LogP contribution in [0.15, 0.2) is 77.1 Å². The van der Waals surface area contributed by atoms with Gasteiger partial charge in [0.2, 0.25) is 5.91 Å². The minimum atomic E-state index is -0.342. The molecule has 1 heterocycles. The lowest BCUT2D eigenvalue weighted by molar-refractivity contribution is -0.135. The predicted octanol–water partition coefficient (Wildman–Crippen LogP) is 3.70. The fraction of sp³-hybridized carbons (Fsp3) is 0.0952. The van der Waals surface area contributed by atoms with Gasteiger partial charge in [-0.15, -0.1) is 6.58 Å². The Morgan fingerprint density at radius 2 is 1.74 bits per heavy atom. The summed E-state index contributed by atoms with van der Waals surface area (Å²) in [5, 5.41) is 2.69. The third-order valence-electron chi connectivity index (χ3n) is 3.89. The Balaban J connectivity index is 2.02. The number of nitrogens with zero attached hydrogens (tertiary/aromatic N) is 1.